The summed E-state index contributed by atoms with van der Waals surface area (Å²) in [5.74, 6) is -1.32. The van der Waals surface area contributed by atoms with Crippen molar-refractivity contribution in [1.82, 2.24) is 20.3 Å². The second-order valence-corrected chi connectivity index (χ2v) is 7.59. The molecule has 1 saturated heterocycles. The van der Waals surface area contributed by atoms with Crippen LogP contribution >= 0.6 is 12.4 Å². The molecule has 1 spiro atoms. The summed E-state index contributed by atoms with van der Waals surface area (Å²) in [6, 6.07) is 11.0. The molecular formula is C21H21ClF2N4O. The molecule has 5 rings (SSSR count). The van der Waals surface area contributed by atoms with Gasteiger partial charge in [-0.3, -0.25) is 0 Å². The number of aromatic nitrogens is 3. The first kappa shape index (κ1) is 19.9. The summed E-state index contributed by atoms with van der Waals surface area (Å²) in [7, 11) is 0. The van der Waals surface area contributed by atoms with Crippen LogP contribution in [0.4, 0.5) is 8.78 Å². The number of nitrogens with one attached hydrogen (secondary N) is 1. The fourth-order valence-corrected chi connectivity index (χ4v) is 4.80. The van der Waals surface area contributed by atoms with Crippen LogP contribution in [-0.4, -0.2) is 39.3 Å². The van der Waals surface area contributed by atoms with Gasteiger partial charge in [-0.15, -0.1) is 17.5 Å². The van der Waals surface area contributed by atoms with Crippen molar-refractivity contribution in [2.24, 2.45) is 0 Å². The van der Waals surface area contributed by atoms with Gasteiger partial charge in [-0.05, 0) is 49.2 Å². The molecule has 29 heavy (non-hydrogen) atoms. The van der Waals surface area contributed by atoms with Crippen molar-refractivity contribution in [1.29, 1.82) is 0 Å². The van der Waals surface area contributed by atoms with Gasteiger partial charge >= 0.3 is 0 Å². The second kappa shape index (κ2) is 7.48. The van der Waals surface area contributed by atoms with Gasteiger partial charge in [0.05, 0.1) is 12.3 Å². The summed E-state index contributed by atoms with van der Waals surface area (Å²) < 4.78 is 29.0. The molecule has 2 heterocycles. The number of piperidine rings is 1. The number of rotatable bonds is 2. The Morgan fingerprint density at radius 1 is 1.10 bits per heavy atom. The van der Waals surface area contributed by atoms with Gasteiger partial charge in [0.1, 0.15) is 23.4 Å². The number of aliphatic hydroxyl groups excluding tert-OH is 1. The Kier molecular flexibility index (Phi) is 5.14. The Bertz CT molecular complexity index is 1040. The molecule has 2 aromatic carbocycles. The fraction of sp³-hybridized carbons (Fsp3) is 0.333. The van der Waals surface area contributed by atoms with Crippen LogP contribution in [0.25, 0.3) is 11.3 Å². The molecule has 0 unspecified atom stereocenters. The average molecular weight is 419 g/mol. The van der Waals surface area contributed by atoms with Gasteiger partial charge in [0.25, 0.3) is 0 Å². The average Bonchev–Trinajstić information content (AvgIpc) is 3.26. The number of hydrogen-bond acceptors (Lipinski definition) is 4. The third-order valence-corrected chi connectivity index (χ3v) is 6.18. The van der Waals surface area contributed by atoms with E-state index in [0.29, 0.717) is 5.69 Å². The highest BCUT2D eigenvalue weighted by atomic mass is 35.5. The molecule has 1 aliphatic carbocycles. The first-order chi connectivity index (χ1) is 13.6. The van der Waals surface area contributed by atoms with Crippen LogP contribution in [0.15, 0.2) is 48.7 Å². The Labute approximate surface area is 173 Å². The number of hydrogen-bond donors (Lipinski definition) is 2. The Hall–Kier alpha value is -2.35. The van der Waals surface area contributed by atoms with Crippen molar-refractivity contribution >= 4 is 12.4 Å². The van der Waals surface area contributed by atoms with E-state index in [-0.39, 0.29) is 29.4 Å². The zero-order valence-corrected chi connectivity index (χ0v) is 16.4. The summed E-state index contributed by atoms with van der Waals surface area (Å²) in [4.78, 5) is 0. The lowest BCUT2D eigenvalue weighted by molar-refractivity contribution is 0.0421. The number of aliphatic hydroxyl groups is 1. The van der Waals surface area contributed by atoms with Crippen molar-refractivity contribution in [3.63, 3.8) is 0 Å². The topological polar surface area (TPSA) is 63.0 Å². The predicted octanol–water partition coefficient (Wildman–Crippen LogP) is 3.23. The third kappa shape index (κ3) is 3.04. The molecule has 152 valence electrons. The largest absolute Gasteiger partial charge is 0.390 e. The number of nitrogens with zero attached hydrogens (tertiary/aromatic N) is 3. The molecule has 1 fully saturated rings. The van der Waals surface area contributed by atoms with Gasteiger partial charge in [0.15, 0.2) is 0 Å². The summed E-state index contributed by atoms with van der Waals surface area (Å²) in [5, 5.41) is 23.0. The monoisotopic (exact) mass is 418 g/mol. The van der Waals surface area contributed by atoms with Crippen LogP contribution in [0.1, 0.15) is 30.0 Å². The van der Waals surface area contributed by atoms with Gasteiger partial charge in [-0.1, -0.05) is 29.5 Å². The summed E-state index contributed by atoms with van der Waals surface area (Å²) in [6.45, 7) is 1.70. The van der Waals surface area contributed by atoms with Crippen LogP contribution in [-0.2, 0) is 5.41 Å². The van der Waals surface area contributed by atoms with Gasteiger partial charge in [0, 0.05) is 17.0 Å². The van der Waals surface area contributed by atoms with Crippen molar-refractivity contribution < 1.29 is 13.9 Å². The van der Waals surface area contributed by atoms with E-state index in [9.17, 15) is 13.9 Å². The molecule has 0 radical (unpaired) electrons. The van der Waals surface area contributed by atoms with Crippen LogP contribution in [0.2, 0.25) is 0 Å². The maximum atomic E-state index is 14.2. The zero-order chi connectivity index (χ0) is 19.3. The third-order valence-electron chi connectivity index (χ3n) is 6.18. The summed E-state index contributed by atoms with van der Waals surface area (Å²) in [6.07, 6.45) is 2.66. The molecule has 8 heteroatoms. The minimum absolute atomic E-state index is 0. The number of fused-ring (bicyclic) bond motifs is 2. The van der Waals surface area contributed by atoms with Gasteiger partial charge in [-0.25, -0.2) is 13.5 Å². The fourth-order valence-electron chi connectivity index (χ4n) is 4.80. The highest BCUT2D eigenvalue weighted by Gasteiger charge is 2.52. The van der Waals surface area contributed by atoms with Crippen LogP contribution < -0.4 is 5.32 Å². The molecule has 2 atom stereocenters. The number of halogens is 3. The second-order valence-electron chi connectivity index (χ2n) is 7.59. The van der Waals surface area contributed by atoms with E-state index in [4.69, 9.17) is 0 Å². The molecule has 0 bridgehead atoms. The van der Waals surface area contributed by atoms with E-state index in [1.54, 1.807) is 10.9 Å². The lowest BCUT2D eigenvalue weighted by Crippen LogP contribution is -2.47. The van der Waals surface area contributed by atoms with E-state index < -0.39 is 17.7 Å². The van der Waals surface area contributed by atoms with Crippen LogP contribution in [0.3, 0.4) is 0 Å². The molecule has 0 saturated carbocycles. The van der Waals surface area contributed by atoms with Gasteiger partial charge in [0.2, 0.25) is 0 Å². The minimum atomic E-state index is -0.686. The van der Waals surface area contributed by atoms with E-state index in [1.807, 2.05) is 18.2 Å². The summed E-state index contributed by atoms with van der Waals surface area (Å²) >= 11 is 0. The van der Waals surface area contributed by atoms with Crippen LogP contribution in [0, 0.1) is 11.6 Å². The SMILES string of the molecule is Cl.O[C@H]1[C@H](n2cc(-c3ccc(F)cc3F)nn2)c2ccccc2C12CCNCC2. The maximum absolute atomic E-state index is 14.2. The molecule has 5 nitrogen and oxygen atoms in total. The first-order valence-electron chi connectivity index (χ1n) is 9.46. The zero-order valence-electron chi connectivity index (χ0n) is 15.6. The predicted molar refractivity (Wildman–Crippen MR) is 107 cm³/mol. The molecule has 2 aliphatic rings. The maximum Gasteiger partial charge on any atom is 0.135 e. The number of benzene rings is 2. The standard InChI is InChI=1S/C21H20F2N4O.ClH/c22-13-5-6-15(17(23)11-13)18-12-27(26-25-18)19-14-3-1-2-4-16(14)21(20(19)28)7-9-24-10-8-21;/h1-6,11-12,19-20,24,28H,7-10H2;1H/t19-,20+;/m1./s1. The normalized spacial score (nSPS) is 22.3. The Balaban J connectivity index is 0.00000205. The van der Waals surface area contributed by atoms with E-state index in [1.165, 1.54) is 12.1 Å². The molecule has 1 aromatic heterocycles. The summed E-state index contributed by atoms with van der Waals surface area (Å²) in [5.41, 5.74) is 2.35. The van der Waals surface area contributed by atoms with Gasteiger partial charge < -0.3 is 10.4 Å². The molecular weight excluding hydrogens is 398 g/mol. The van der Waals surface area contributed by atoms with Gasteiger partial charge in [-0.2, -0.15) is 0 Å². The highest BCUT2D eigenvalue weighted by molar-refractivity contribution is 5.85. The first-order valence-corrected chi connectivity index (χ1v) is 9.46. The quantitative estimate of drug-likeness (QED) is 0.670. The Morgan fingerprint density at radius 3 is 2.62 bits per heavy atom. The smallest absolute Gasteiger partial charge is 0.135 e. The Morgan fingerprint density at radius 2 is 1.86 bits per heavy atom. The highest BCUT2D eigenvalue weighted by Crippen LogP contribution is 2.51. The van der Waals surface area contributed by atoms with E-state index in [2.05, 4.69) is 21.7 Å². The van der Waals surface area contributed by atoms with Crippen molar-refractivity contribution in [2.75, 3.05) is 13.1 Å². The molecule has 1 aliphatic heterocycles. The van der Waals surface area contributed by atoms with Crippen LogP contribution in [0.5, 0.6) is 0 Å². The minimum Gasteiger partial charge on any atom is -0.390 e. The van der Waals surface area contributed by atoms with Crippen molar-refractivity contribution in [2.45, 2.75) is 30.4 Å². The molecule has 3 aromatic rings. The van der Waals surface area contributed by atoms with E-state index >= 15 is 0 Å². The lowest BCUT2D eigenvalue weighted by atomic mass is 9.72. The molecule has 0 amide bonds. The molecule has 2 N–H and O–H groups in total. The van der Waals surface area contributed by atoms with Crippen molar-refractivity contribution in [3.05, 3.63) is 71.4 Å². The van der Waals surface area contributed by atoms with Crippen molar-refractivity contribution in [3.8, 4) is 11.3 Å². The lowest BCUT2D eigenvalue weighted by Gasteiger charge is -2.38. The van der Waals surface area contributed by atoms with E-state index in [0.717, 1.165) is 43.1 Å².